The summed E-state index contributed by atoms with van der Waals surface area (Å²) >= 11 is 0. The minimum absolute atomic E-state index is 0.237. The number of aromatic nitrogens is 2. The van der Waals surface area contributed by atoms with Gasteiger partial charge in [-0.15, -0.1) is 0 Å². The van der Waals surface area contributed by atoms with Gasteiger partial charge >= 0.3 is 0 Å². The van der Waals surface area contributed by atoms with Gasteiger partial charge in [-0.2, -0.15) is 0 Å². The predicted molar refractivity (Wildman–Crippen MR) is 83.8 cm³/mol. The fraction of sp³-hybridized carbons (Fsp3) is 0.412. The van der Waals surface area contributed by atoms with Crippen LogP contribution >= 0.6 is 0 Å². The number of benzene rings is 1. The van der Waals surface area contributed by atoms with E-state index in [-0.39, 0.29) is 5.54 Å². The second-order valence-electron chi connectivity index (χ2n) is 5.91. The Labute approximate surface area is 121 Å². The Morgan fingerprint density at radius 1 is 1.00 bits per heavy atom. The highest BCUT2D eigenvalue weighted by Crippen LogP contribution is 2.25. The molecule has 2 aromatic rings. The van der Waals surface area contributed by atoms with Crippen molar-refractivity contribution in [2.45, 2.75) is 40.2 Å². The van der Waals surface area contributed by atoms with E-state index < -0.39 is 0 Å². The quantitative estimate of drug-likeness (QED) is 0.926. The van der Waals surface area contributed by atoms with E-state index in [1.54, 1.807) is 0 Å². The molecule has 0 radical (unpaired) electrons. The second kappa shape index (κ2) is 5.33. The Hall–Kier alpha value is -1.74. The maximum absolute atomic E-state index is 4.76. The van der Waals surface area contributed by atoms with Crippen LogP contribution in [0, 0.1) is 20.8 Å². The van der Waals surface area contributed by atoms with Crippen LogP contribution in [0.5, 0.6) is 0 Å². The zero-order valence-electron chi connectivity index (χ0n) is 13.2. The van der Waals surface area contributed by atoms with Crippen molar-refractivity contribution < 1.29 is 0 Å². The Kier molecular flexibility index (Phi) is 3.91. The van der Waals surface area contributed by atoms with E-state index in [1.165, 1.54) is 16.7 Å². The van der Waals surface area contributed by atoms with E-state index in [2.05, 4.69) is 56.2 Å². The summed E-state index contributed by atoms with van der Waals surface area (Å²) in [5.41, 5.74) is 5.44. The molecule has 3 nitrogen and oxygen atoms in total. The first kappa shape index (κ1) is 14.7. The molecule has 0 bridgehead atoms. The van der Waals surface area contributed by atoms with Crippen molar-refractivity contribution in [3.63, 3.8) is 0 Å². The van der Waals surface area contributed by atoms with Gasteiger partial charge in [-0.25, -0.2) is 9.97 Å². The van der Waals surface area contributed by atoms with Crippen molar-refractivity contribution in [1.29, 1.82) is 0 Å². The van der Waals surface area contributed by atoms with Crippen molar-refractivity contribution in [2.75, 3.05) is 7.05 Å². The van der Waals surface area contributed by atoms with Gasteiger partial charge < -0.3 is 5.32 Å². The van der Waals surface area contributed by atoms with Gasteiger partial charge in [0, 0.05) is 11.3 Å². The smallest absolute Gasteiger partial charge is 0.148 e. The summed E-state index contributed by atoms with van der Waals surface area (Å²) in [6, 6.07) is 8.51. The molecule has 106 valence electrons. The third kappa shape index (κ3) is 2.88. The normalized spacial score (nSPS) is 11.7. The first-order valence-electron chi connectivity index (χ1n) is 6.96. The molecule has 0 aliphatic rings. The molecule has 1 aromatic carbocycles. The van der Waals surface area contributed by atoms with Crippen LogP contribution in [0.1, 0.15) is 36.5 Å². The van der Waals surface area contributed by atoms with Gasteiger partial charge in [0.1, 0.15) is 5.82 Å². The standard InChI is InChI=1S/C17H23N3/c1-11-7-8-14(12(2)9-11)15-10-13(3)19-16(20-15)17(4,5)18-6/h7-10,18H,1-6H3. The summed E-state index contributed by atoms with van der Waals surface area (Å²) in [5, 5.41) is 3.26. The molecule has 1 aromatic heterocycles. The van der Waals surface area contributed by atoms with Gasteiger partial charge in [-0.05, 0) is 53.3 Å². The number of hydrogen-bond acceptors (Lipinski definition) is 3. The molecule has 2 rings (SSSR count). The molecule has 0 aliphatic heterocycles. The molecule has 1 N–H and O–H groups in total. The first-order valence-corrected chi connectivity index (χ1v) is 6.96. The molecule has 0 fully saturated rings. The van der Waals surface area contributed by atoms with Crippen LogP contribution in [-0.4, -0.2) is 17.0 Å². The van der Waals surface area contributed by atoms with E-state index in [0.29, 0.717) is 0 Å². The number of rotatable bonds is 3. The van der Waals surface area contributed by atoms with E-state index in [1.807, 2.05) is 20.0 Å². The number of aryl methyl sites for hydroxylation is 3. The predicted octanol–water partition coefficient (Wildman–Crippen LogP) is 3.52. The minimum Gasteiger partial charge on any atom is -0.308 e. The molecule has 0 saturated carbocycles. The van der Waals surface area contributed by atoms with Gasteiger partial charge in [0.05, 0.1) is 11.2 Å². The van der Waals surface area contributed by atoms with Crippen LogP contribution in [0.4, 0.5) is 0 Å². The lowest BCUT2D eigenvalue weighted by atomic mass is 10.0. The monoisotopic (exact) mass is 269 g/mol. The molecule has 20 heavy (non-hydrogen) atoms. The fourth-order valence-corrected chi connectivity index (χ4v) is 2.20. The zero-order valence-corrected chi connectivity index (χ0v) is 13.2. The highest BCUT2D eigenvalue weighted by Gasteiger charge is 2.22. The molecular weight excluding hydrogens is 246 g/mol. The SMILES string of the molecule is CNC(C)(C)c1nc(C)cc(-c2ccc(C)cc2C)n1. The minimum atomic E-state index is -0.237. The molecule has 1 heterocycles. The van der Waals surface area contributed by atoms with Crippen LogP contribution < -0.4 is 5.32 Å². The number of nitrogens with zero attached hydrogens (tertiary/aromatic N) is 2. The van der Waals surface area contributed by atoms with Gasteiger partial charge in [0.25, 0.3) is 0 Å². The largest absolute Gasteiger partial charge is 0.308 e. The third-order valence-corrected chi connectivity index (χ3v) is 3.70. The molecule has 0 spiro atoms. The number of hydrogen-bond donors (Lipinski definition) is 1. The van der Waals surface area contributed by atoms with Gasteiger partial charge in [0.2, 0.25) is 0 Å². The van der Waals surface area contributed by atoms with Crippen molar-refractivity contribution >= 4 is 0 Å². The molecule has 0 amide bonds. The van der Waals surface area contributed by atoms with E-state index in [4.69, 9.17) is 4.98 Å². The zero-order chi connectivity index (χ0) is 14.9. The van der Waals surface area contributed by atoms with Crippen molar-refractivity contribution in [3.8, 4) is 11.3 Å². The van der Waals surface area contributed by atoms with Gasteiger partial charge in [0.15, 0.2) is 0 Å². The van der Waals surface area contributed by atoms with Crippen molar-refractivity contribution in [1.82, 2.24) is 15.3 Å². The molecular formula is C17H23N3. The molecule has 3 heteroatoms. The Morgan fingerprint density at radius 2 is 1.70 bits per heavy atom. The van der Waals surface area contributed by atoms with Crippen LogP contribution in [0.25, 0.3) is 11.3 Å². The second-order valence-corrected chi connectivity index (χ2v) is 5.91. The van der Waals surface area contributed by atoms with Crippen molar-refractivity contribution in [2.24, 2.45) is 0 Å². The van der Waals surface area contributed by atoms with Gasteiger partial charge in [-0.1, -0.05) is 23.8 Å². The molecule has 0 atom stereocenters. The van der Waals surface area contributed by atoms with E-state index >= 15 is 0 Å². The Bertz CT molecular complexity index is 630. The van der Waals surface area contributed by atoms with E-state index in [0.717, 1.165) is 17.2 Å². The average molecular weight is 269 g/mol. The highest BCUT2D eigenvalue weighted by molar-refractivity contribution is 5.64. The van der Waals surface area contributed by atoms with E-state index in [9.17, 15) is 0 Å². The topological polar surface area (TPSA) is 37.8 Å². The molecule has 0 unspecified atom stereocenters. The summed E-state index contributed by atoms with van der Waals surface area (Å²) in [6.45, 7) is 10.4. The maximum atomic E-state index is 4.76. The summed E-state index contributed by atoms with van der Waals surface area (Å²) < 4.78 is 0. The van der Waals surface area contributed by atoms with Crippen LogP contribution in [0.15, 0.2) is 24.3 Å². The summed E-state index contributed by atoms with van der Waals surface area (Å²) in [4.78, 5) is 9.34. The lowest BCUT2D eigenvalue weighted by Gasteiger charge is -2.23. The molecule has 0 aliphatic carbocycles. The Morgan fingerprint density at radius 3 is 2.30 bits per heavy atom. The summed E-state index contributed by atoms with van der Waals surface area (Å²) in [6.07, 6.45) is 0. The Balaban J connectivity index is 2.58. The van der Waals surface area contributed by atoms with Crippen LogP contribution in [0.2, 0.25) is 0 Å². The average Bonchev–Trinajstić information content (AvgIpc) is 2.38. The maximum Gasteiger partial charge on any atom is 0.148 e. The number of nitrogens with one attached hydrogen (secondary N) is 1. The lowest BCUT2D eigenvalue weighted by Crippen LogP contribution is -2.35. The highest BCUT2D eigenvalue weighted by atomic mass is 15.0. The summed E-state index contributed by atoms with van der Waals surface area (Å²) in [7, 11) is 1.93. The van der Waals surface area contributed by atoms with Gasteiger partial charge in [-0.3, -0.25) is 0 Å². The van der Waals surface area contributed by atoms with Crippen LogP contribution in [0.3, 0.4) is 0 Å². The van der Waals surface area contributed by atoms with Crippen LogP contribution in [-0.2, 0) is 5.54 Å². The first-order chi connectivity index (χ1) is 9.33. The summed E-state index contributed by atoms with van der Waals surface area (Å²) in [5.74, 6) is 0.829. The third-order valence-electron chi connectivity index (χ3n) is 3.70. The van der Waals surface area contributed by atoms with Crippen molar-refractivity contribution in [3.05, 3.63) is 46.9 Å². The fourth-order valence-electron chi connectivity index (χ4n) is 2.20. The molecule has 0 saturated heterocycles. The lowest BCUT2D eigenvalue weighted by molar-refractivity contribution is 0.416.